The van der Waals surface area contributed by atoms with Crippen molar-refractivity contribution in [3.05, 3.63) is 59.3 Å². The first kappa shape index (κ1) is 25.1. The van der Waals surface area contributed by atoms with E-state index in [1.165, 1.54) is 17.6 Å². The molecular weight excluding hydrogens is 402 g/mol. The molecule has 0 saturated heterocycles. The van der Waals surface area contributed by atoms with Gasteiger partial charge in [0.05, 0.1) is 5.60 Å². The minimum Gasteiger partial charge on any atom is -0.390 e. The van der Waals surface area contributed by atoms with E-state index < -0.39 is 17.9 Å². The third-order valence-electron chi connectivity index (χ3n) is 8.53. The summed E-state index contributed by atoms with van der Waals surface area (Å²) in [6, 6.07) is 0. The van der Waals surface area contributed by atoms with E-state index in [1.807, 2.05) is 19.9 Å². The second-order valence-corrected chi connectivity index (χ2v) is 10.5. The van der Waals surface area contributed by atoms with Crippen LogP contribution in [0.2, 0.25) is 0 Å². The molecule has 5 unspecified atom stereocenters. The molecule has 2 saturated carbocycles. The van der Waals surface area contributed by atoms with Gasteiger partial charge in [0, 0.05) is 12.8 Å². The van der Waals surface area contributed by atoms with E-state index in [4.69, 9.17) is 0 Å². The van der Waals surface area contributed by atoms with Gasteiger partial charge in [0.15, 0.2) is 0 Å². The first-order valence-corrected chi connectivity index (χ1v) is 12.6. The van der Waals surface area contributed by atoms with Gasteiger partial charge in [-0.2, -0.15) is 0 Å². The van der Waals surface area contributed by atoms with E-state index in [-0.39, 0.29) is 18.3 Å². The predicted octanol–water partition coefficient (Wildman–Crippen LogP) is 8.14. The second kappa shape index (κ2) is 10.2. The van der Waals surface area contributed by atoms with E-state index in [0.717, 1.165) is 37.7 Å². The summed E-state index contributed by atoms with van der Waals surface area (Å²) < 4.78 is 27.9. The Morgan fingerprint density at radius 2 is 2.00 bits per heavy atom. The summed E-state index contributed by atoms with van der Waals surface area (Å²) >= 11 is 0. The zero-order chi connectivity index (χ0) is 23.5. The lowest BCUT2D eigenvalue weighted by molar-refractivity contribution is 0.0352. The van der Waals surface area contributed by atoms with Crippen LogP contribution in [0.4, 0.5) is 8.78 Å². The number of hydrogen-bond donors (Lipinski definition) is 1. The van der Waals surface area contributed by atoms with Crippen molar-refractivity contribution >= 4 is 0 Å². The molecule has 0 aromatic carbocycles. The predicted molar refractivity (Wildman–Crippen MR) is 131 cm³/mol. The monoisotopic (exact) mass is 444 g/mol. The molecule has 1 N–H and O–H groups in total. The number of aliphatic hydroxyl groups is 1. The molecule has 0 heterocycles. The number of alkyl halides is 2. The summed E-state index contributed by atoms with van der Waals surface area (Å²) in [5.74, 6) is 0.805. The minimum absolute atomic E-state index is 0.0555. The summed E-state index contributed by atoms with van der Waals surface area (Å²) in [6.07, 6.45) is 15.4. The summed E-state index contributed by atoms with van der Waals surface area (Å²) in [5, 5.41) is 10.6. The van der Waals surface area contributed by atoms with Crippen LogP contribution in [0.25, 0.3) is 0 Å². The van der Waals surface area contributed by atoms with Crippen LogP contribution in [-0.2, 0) is 0 Å². The molecule has 3 aliphatic rings. The maximum absolute atomic E-state index is 14.0. The number of hydrogen-bond acceptors (Lipinski definition) is 1. The normalized spacial score (nSPS) is 34.9. The Morgan fingerprint density at radius 1 is 1.28 bits per heavy atom. The third-order valence-corrected chi connectivity index (χ3v) is 8.53. The highest BCUT2D eigenvalue weighted by molar-refractivity contribution is 5.40. The zero-order valence-electron chi connectivity index (χ0n) is 20.5. The van der Waals surface area contributed by atoms with Gasteiger partial charge in [0.2, 0.25) is 0 Å². The van der Waals surface area contributed by atoms with E-state index in [0.29, 0.717) is 23.8 Å². The van der Waals surface area contributed by atoms with Crippen LogP contribution in [-0.4, -0.2) is 23.1 Å². The largest absolute Gasteiger partial charge is 0.390 e. The lowest BCUT2D eigenvalue weighted by Crippen LogP contribution is -2.32. The molecule has 178 valence electrons. The van der Waals surface area contributed by atoms with Gasteiger partial charge in [0.1, 0.15) is 12.3 Å². The van der Waals surface area contributed by atoms with E-state index in [1.54, 1.807) is 0 Å². The van der Waals surface area contributed by atoms with Crippen LogP contribution in [0.5, 0.6) is 0 Å². The molecule has 0 aliphatic heterocycles. The van der Waals surface area contributed by atoms with E-state index >= 15 is 0 Å². The molecular formula is C29H42F2O. The third kappa shape index (κ3) is 5.19. The maximum Gasteiger partial charge on any atom is 0.128 e. The highest BCUT2D eigenvalue weighted by Crippen LogP contribution is 2.56. The fourth-order valence-electron chi connectivity index (χ4n) is 6.10. The van der Waals surface area contributed by atoms with Crippen LogP contribution >= 0.6 is 0 Å². The highest BCUT2D eigenvalue weighted by Gasteiger charge is 2.45. The number of fused-ring (bicyclic) bond motifs is 1. The summed E-state index contributed by atoms with van der Waals surface area (Å²) in [5.41, 5.74) is 3.64. The Bertz CT molecular complexity index is 813. The Kier molecular flexibility index (Phi) is 8.02. The molecule has 0 bridgehead atoms. The highest BCUT2D eigenvalue weighted by atomic mass is 19.1. The van der Waals surface area contributed by atoms with Gasteiger partial charge in [-0.05, 0) is 73.3 Å². The standard InChI is InChI=1S/C29H42F2O/c1-6-29(32,7-2)17-8-10-20(3)25-14-15-26-22(11-9-16-28(25,26)5)12-13-23-18-24(30)19-27(31)21(23)4/h8,10,12-14,20,24,26-27,32H,4,6-7,9,11,15-19H2,1-3,5H3/b10-8+,22-12+,23-13-. The first-order chi connectivity index (χ1) is 15.1. The van der Waals surface area contributed by atoms with Crippen molar-refractivity contribution in [2.24, 2.45) is 17.3 Å². The van der Waals surface area contributed by atoms with Crippen LogP contribution in [0.1, 0.15) is 85.5 Å². The van der Waals surface area contributed by atoms with E-state index in [2.05, 4.69) is 44.7 Å². The summed E-state index contributed by atoms with van der Waals surface area (Å²) in [7, 11) is 0. The average Bonchev–Trinajstić information content (AvgIpc) is 3.12. The molecule has 0 aromatic rings. The van der Waals surface area contributed by atoms with Crippen molar-refractivity contribution in [1.82, 2.24) is 0 Å². The quantitative estimate of drug-likeness (QED) is 0.393. The first-order valence-electron chi connectivity index (χ1n) is 12.6. The van der Waals surface area contributed by atoms with Crippen LogP contribution in [0, 0.1) is 17.3 Å². The van der Waals surface area contributed by atoms with Gasteiger partial charge in [-0.1, -0.05) is 75.8 Å². The molecule has 5 atom stereocenters. The number of halogens is 2. The van der Waals surface area contributed by atoms with Gasteiger partial charge in [-0.25, -0.2) is 8.78 Å². The molecule has 1 nitrogen and oxygen atoms in total. The molecule has 0 aromatic heterocycles. The lowest BCUT2D eigenvalue weighted by atomic mass is 9.62. The van der Waals surface area contributed by atoms with Crippen molar-refractivity contribution < 1.29 is 13.9 Å². The smallest absolute Gasteiger partial charge is 0.128 e. The van der Waals surface area contributed by atoms with Gasteiger partial charge in [0.25, 0.3) is 0 Å². The van der Waals surface area contributed by atoms with Crippen LogP contribution in [0.3, 0.4) is 0 Å². The molecule has 32 heavy (non-hydrogen) atoms. The van der Waals surface area contributed by atoms with Crippen LogP contribution in [0.15, 0.2) is 59.3 Å². The molecule has 0 amide bonds. The average molecular weight is 445 g/mol. The number of rotatable bonds is 7. The molecule has 3 aliphatic carbocycles. The lowest BCUT2D eigenvalue weighted by Gasteiger charge is -2.42. The number of allylic oxidation sites excluding steroid dienone is 8. The Balaban J connectivity index is 1.73. The maximum atomic E-state index is 14.0. The summed E-state index contributed by atoms with van der Waals surface area (Å²) in [4.78, 5) is 0. The molecule has 0 radical (unpaired) electrons. The second-order valence-electron chi connectivity index (χ2n) is 10.5. The topological polar surface area (TPSA) is 20.2 Å². The van der Waals surface area contributed by atoms with Gasteiger partial charge < -0.3 is 5.11 Å². The fraction of sp³-hybridized carbons (Fsp3) is 0.655. The fourth-order valence-corrected chi connectivity index (χ4v) is 6.10. The molecule has 3 heteroatoms. The Morgan fingerprint density at radius 3 is 2.69 bits per heavy atom. The van der Waals surface area contributed by atoms with Crippen LogP contribution < -0.4 is 0 Å². The minimum atomic E-state index is -1.26. The van der Waals surface area contributed by atoms with Gasteiger partial charge in [-0.15, -0.1) is 0 Å². The molecule has 3 rings (SSSR count). The van der Waals surface area contributed by atoms with E-state index in [9.17, 15) is 13.9 Å². The Labute approximate surface area is 194 Å². The Hall–Kier alpha value is -1.48. The molecule has 0 spiro atoms. The van der Waals surface area contributed by atoms with Crippen molar-refractivity contribution in [2.45, 2.75) is 103 Å². The SMILES string of the molecule is C=C1/C(=C\C=C2/CCCC3(C)C(C(C)/C=C/CC(O)(CC)CC)=CCC23)CC(F)CC1F. The summed E-state index contributed by atoms with van der Waals surface area (Å²) in [6.45, 7) is 12.6. The van der Waals surface area contributed by atoms with Gasteiger partial charge >= 0.3 is 0 Å². The van der Waals surface area contributed by atoms with Crippen molar-refractivity contribution in [2.75, 3.05) is 0 Å². The molecule has 2 fully saturated rings. The zero-order valence-corrected chi connectivity index (χ0v) is 20.5. The van der Waals surface area contributed by atoms with Gasteiger partial charge in [-0.3, -0.25) is 0 Å². The van der Waals surface area contributed by atoms with Crippen molar-refractivity contribution in [1.29, 1.82) is 0 Å². The van der Waals surface area contributed by atoms with Crippen molar-refractivity contribution in [3.63, 3.8) is 0 Å². The van der Waals surface area contributed by atoms with Crippen molar-refractivity contribution in [3.8, 4) is 0 Å².